The molecule has 2 heterocycles. The Bertz CT molecular complexity index is 1690. The number of nitrogens with zero attached hydrogens (tertiary/aromatic N) is 2. The van der Waals surface area contributed by atoms with Crippen molar-refractivity contribution in [2.45, 2.75) is 19.4 Å². The number of fused-ring (bicyclic) bond motifs is 1. The van der Waals surface area contributed by atoms with Crippen LogP contribution in [0.5, 0.6) is 11.5 Å². The fraction of sp³-hybridized carbons (Fsp3) is 0.250. The highest BCUT2D eigenvalue weighted by Crippen LogP contribution is 2.28. The maximum Gasteiger partial charge on any atom is 0.195 e. The normalized spacial score (nSPS) is 13.3. The van der Waals surface area contributed by atoms with Gasteiger partial charge < -0.3 is 30.0 Å². The Balaban J connectivity index is 1.02. The van der Waals surface area contributed by atoms with Crippen LogP contribution in [0.4, 0.5) is 11.4 Å². The summed E-state index contributed by atoms with van der Waals surface area (Å²) in [6.07, 6.45) is 3.59. The third-order valence-corrected chi connectivity index (χ3v) is 8.24. The number of anilines is 2. The summed E-state index contributed by atoms with van der Waals surface area (Å²) < 4.78 is 11.4. The summed E-state index contributed by atoms with van der Waals surface area (Å²) in [5.41, 5.74) is 13.3. The van der Waals surface area contributed by atoms with Crippen LogP contribution >= 0.6 is 0 Å². The smallest absolute Gasteiger partial charge is 0.195 e. The van der Waals surface area contributed by atoms with Crippen LogP contribution < -0.4 is 25.0 Å². The number of ether oxygens (including phenoxy) is 2. The van der Waals surface area contributed by atoms with E-state index in [1.165, 1.54) is 22.5 Å². The Morgan fingerprint density at radius 1 is 0.860 bits per heavy atom. The van der Waals surface area contributed by atoms with Gasteiger partial charge in [0.15, 0.2) is 5.78 Å². The fourth-order valence-electron chi connectivity index (χ4n) is 5.83. The van der Waals surface area contributed by atoms with E-state index in [0.717, 1.165) is 61.4 Å². The number of aromatic nitrogens is 1. The van der Waals surface area contributed by atoms with E-state index in [1.54, 1.807) is 13.3 Å². The molecule has 0 aliphatic carbocycles. The molecule has 43 heavy (non-hydrogen) atoms. The summed E-state index contributed by atoms with van der Waals surface area (Å²) in [5, 5.41) is 0.936. The SMILES string of the molecule is COc1cccc(N2CCN(c3cc(CCCOc4ccc(C(=O)c5c[nH]c6ccccc56)cc4)ccc3CN)CC2)c1. The number of methoxy groups -OCH3 is 1. The summed E-state index contributed by atoms with van der Waals surface area (Å²) in [6, 6.07) is 30.2. The van der Waals surface area contributed by atoms with Crippen LogP contribution in [0.2, 0.25) is 0 Å². The van der Waals surface area contributed by atoms with Crippen molar-refractivity contribution in [1.29, 1.82) is 0 Å². The minimum atomic E-state index is 0.00226. The second-order valence-corrected chi connectivity index (χ2v) is 10.9. The summed E-state index contributed by atoms with van der Waals surface area (Å²) in [5.74, 6) is 1.65. The third kappa shape index (κ3) is 6.37. The molecule has 1 aliphatic rings. The van der Waals surface area contributed by atoms with Gasteiger partial charge in [0.1, 0.15) is 11.5 Å². The minimum Gasteiger partial charge on any atom is -0.497 e. The van der Waals surface area contributed by atoms with Gasteiger partial charge in [-0.1, -0.05) is 36.4 Å². The van der Waals surface area contributed by atoms with Crippen molar-refractivity contribution in [2.24, 2.45) is 5.73 Å². The number of ketones is 1. The van der Waals surface area contributed by atoms with Crippen molar-refractivity contribution in [3.8, 4) is 11.5 Å². The molecular formula is C36H38N4O3. The van der Waals surface area contributed by atoms with Crippen LogP contribution in [-0.2, 0) is 13.0 Å². The van der Waals surface area contributed by atoms with Gasteiger partial charge in [-0.2, -0.15) is 0 Å². The highest BCUT2D eigenvalue weighted by Gasteiger charge is 2.20. The lowest BCUT2D eigenvalue weighted by Gasteiger charge is -2.38. The molecule has 7 nitrogen and oxygen atoms in total. The molecule has 7 heteroatoms. The van der Waals surface area contributed by atoms with Gasteiger partial charge >= 0.3 is 0 Å². The first-order chi connectivity index (χ1) is 21.1. The number of hydrogen-bond acceptors (Lipinski definition) is 6. The number of aryl methyl sites for hydroxylation is 1. The van der Waals surface area contributed by atoms with E-state index >= 15 is 0 Å². The van der Waals surface area contributed by atoms with Gasteiger partial charge in [-0.3, -0.25) is 4.79 Å². The van der Waals surface area contributed by atoms with Gasteiger partial charge in [-0.05, 0) is 72.5 Å². The molecule has 0 amide bonds. The summed E-state index contributed by atoms with van der Waals surface area (Å²) in [7, 11) is 1.71. The quantitative estimate of drug-likeness (QED) is 0.144. The van der Waals surface area contributed by atoms with Crippen LogP contribution in [0, 0.1) is 0 Å². The lowest BCUT2D eigenvalue weighted by atomic mass is 10.0. The Hall–Kier alpha value is -4.75. The zero-order valence-corrected chi connectivity index (χ0v) is 24.6. The molecule has 4 aromatic carbocycles. The lowest BCUT2D eigenvalue weighted by Crippen LogP contribution is -2.47. The van der Waals surface area contributed by atoms with Gasteiger partial charge in [0.25, 0.3) is 0 Å². The minimum absolute atomic E-state index is 0.00226. The van der Waals surface area contributed by atoms with E-state index in [1.807, 2.05) is 60.7 Å². The predicted molar refractivity (Wildman–Crippen MR) is 174 cm³/mol. The van der Waals surface area contributed by atoms with Crippen LogP contribution in [-0.4, -0.2) is 50.7 Å². The number of carbonyl (C=O) groups excluding carboxylic acids is 1. The first-order valence-corrected chi connectivity index (χ1v) is 14.9. The number of H-pyrrole nitrogens is 1. The molecule has 5 aromatic rings. The van der Waals surface area contributed by atoms with E-state index < -0.39 is 0 Å². The molecule has 1 aromatic heterocycles. The van der Waals surface area contributed by atoms with Crippen LogP contribution in [0.3, 0.4) is 0 Å². The molecule has 0 atom stereocenters. The topological polar surface area (TPSA) is 83.8 Å². The van der Waals surface area contributed by atoms with Crippen molar-refractivity contribution >= 4 is 28.1 Å². The van der Waals surface area contributed by atoms with E-state index in [2.05, 4.69) is 45.1 Å². The number of aromatic amines is 1. The van der Waals surface area contributed by atoms with Gasteiger partial charge in [-0.25, -0.2) is 0 Å². The molecule has 0 saturated carbocycles. The van der Waals surface area contributed by atoms with Gasteiger partial charge in [0, 0.05) is 78.4 Å². The Kier molecular flexibility index (Phi) is 8.61. The molecule has 1 saturated heterocycles. The monoisotopic (exact) mass is 574 g/mol. The zero-order valence-electron chi connectivity index (χ0n) is 24.6. The molecule has 1 fully saturated rings. The van der Waals surface area contributed by atoms with Crippen molar-refractivity contribution < 1.29 is 14.3 Å². The molecular weight excluding hydrogens is 536 g/mol. The largest absolute Gasteiger partial charge is 0.497 e. The number of benzene rings is 4. The van der Waals surface area contributed by atoms with Crippen LogP contribution in [0.15, 0.2) is 97.2 Å². The molecule has 0 bridgehead atoms. The number of nitrogens with one attached hydrogen (secondary N) is 1. The number of rotatable bonds is 11. The fourth-order valence-corrected chi connectivity index (χ4v) is 5.83. The molecule has 0 spiro atoms. The molecule has 6 rings (SSSR count). The van der Waals surface area contributed by atoms with Crippen molar-refractivity contribution in [3.63, 3.8) is 0 Å². The maximum atomic E-state index is 13.1. The van der Waals surface area contributed by atoms with Crippen molar-refractivity contribution in [1.82, 2.24) is 4.98 Å². The second kappa shape index (κ2) is 13.0. The first-order valence-electron chi connectivity index (χ1n) is 14.9. The standard InChI is InChI=1S/C36H38N4O3/c1-42-31-8-4-7-29(23-31)39-17-19-40(20-18-39)35-22-26(11-12-28(35)24-37)6-5-21-43-30-15-13-27(14-16-30)36(41)33-25-38-34-10-3-2-9-32(33)34/h2-4,7-16,22-23,25,38H,5-6,17-21,24,37H2,1H3. The van der Waals surface area contributed by atoms with Crippen LogP contribution in [0.25, 0.3) is 10.9 Å². The third-order valence-electron chi connectivity index (χ3n) is 8.24. The van der Waals surface area contributed by atoms with Crippen molar-refractivity contribution in [2.75, 3.05) is 49.7 Å². The molecule has 220 valence electrons. The average Bonchev–Trinajstić information content (AvgIpc) is 3.51. The van der Waals surface area contributed by atoms with Gasteiger partial charge in [0.2, 0.25) is 0 Å². The number of piperazine rings is 1. The Labute approximate surface area is 252 Å². The maximum absolute atomic E-state index is 13.1. The number of para-hydroxylation sites is 1. The second-order valence-electron chi connectivity index (χ2n) is 10.9. The van der Waals surface area contributed by atoms with Crippen molar-refractivity contribution in [3.05, 3.63) is 119 Å². The zero-order chi connectivity index (χ0) is 29.6. The van der Waals surface area contributed by atoms with Gasteiger partial charge in [0.05, 0.1) is 13.7 Å². The predicted octanol–water partition coefficient (Wildman–Crippen LogP) is 6.20. The van der Waals surface area contributed by atoms with Crippen LogP contribution in [0.1, 0.15) is 33.5 Å². The molecule has 3 N–H and O–H groups in total. The molecule has 0 unspecified atom stereocenters. The highest BCUT2D eigenvalue weighted by atomic mass is 16.5. The molecule has 0 radical (unpaired) electrons. The summed E-state index contributed by atoms with van der Waals surface area (Å²) in [6.45, 7) is 4.89. The van der Waals surface area contributed by atoms with E-state index in [9.17, 15) is 4.79 Å². The van der Waals surface area contributed by atoms with Gasteiger partial charge in [-0.15, -0.1) is 0 Å². The van der Waals surface area contributed by atoms with E-state index in [4.69, 9.17) is 15.2 Å². The highest BCUT2D eigenvalue weighted by molar-refractivity contribution is 6.16. The summed E-state index contributed by atoms with van der Waals surface area (Å²) in [4.78, 5) is 21.1. The summed E-state index contributed by atoms with van der Waals surface area (Å²) >= 11 is 0. The number of hydrogen-bond donors (Lipinski definition) is 2. The number of nitrogens with two attached hydrogens (primary N) is 1. The Morgan fingerprint density at radius 2 is 1.65 bits per heavy atom. The molecule has 1 aliphatic heterocycles. The van der Waals surface area contributed by atoms with E-state index in [-0.39, 0.29) is 5.78 Å². The lowest BCUT2D eigenvalue weighted by molar-refractivity contribution is 0.104. The number of carbonyl (C=O) groups is 1. The van der Waals surface area contributed by atoms with E-state index in [0.29, 0.717) is 24.3 Å². The Morgan fingerprint density at radius 3 is 2.44 bits per heavy atom. The average molecular weight is 575 g/mol. The first kappa shape index (κ1) is 28.4.